The third-order valence-corrected chi connectivity index (χ3v) is 7.40. The van der Waals surface area contributed by atoms with Gasteiger partial charge in [-0.1, -0.05) is 36.4 Å². The fourth-order valence-electron chi connectivity index (χ4n) is 6.34. The molecule has 0 aliphatic heterocycles. The molecule has 4 nitrogen and oxygen atoms in total. The van der Waals surface area contributed by atoms with Crippen molar-refractivity contribution in [3.05, 3.63) is 76.3 Å². The molecule has 0 unspecified atom stereocenters. The normalized spacial score (nSPS) is 25.0. The van der Waals surface area contributed by atoms with Gasteiger partial charge in [0.1, 0.15) is 17.2 Å². The molecule has 4 heteroatoms. The van der Waals surface area contributed by atoms with Crippen LogP contribution in [0.1, 0.15) is 58.1 Å². The van der Waals surface area contributed by atoms with Crippen LogP contribution in [0.25, 0.3) is 11.1 Å². The van der Waals surface area contributed by atoms with E-state index in [1.807, 2.05) is 12.1 Å². The number of aliphatic hydroxyl groups is 1. The Morgan fingerprint density at radius 2 is 1.60 bits per heavy atom. The van der Waals surface area contributed by atoms with Gasteiger partial charge in [0.2, 0.25) is 0 Å². The molecule has 0 radical (unpaired) electrons. The Morgan fingerprint density at radius 1 is 0.833 bits per heavy atom. The number of phenolic OH excluding ortho intramolecular Hbond substituents is 1. The smallest absolute Gasteiger partial charge is 0.130 e. The summed E-state index contributed by atoms with van der Waals surface area (Å²) in [5.74, 6) is 2.27. The number of benzene rings is 3. The van der Waals surface area contributed by atoms with Crippen LogP contribution in [0.5, 0.6) is 17.2 Å². The summed E-state index contributed by atoms with van der Waals surface area (Å²) in [5, 5.41) is 22.2. The Balaban J connectivity index is 1.76. The molecular formula is C26H24O4. The molecular weight excluding hydrogens is 376 g/mol. The zero-order valence-electron chi connectivity index (χ0n) is 17.1. The summed E-state index contributed by atoms with van der Waals surface area (Å²) < 4.78 is 11.5. The number of hydrogen-bond acceptors (Lipinski definition) is 4. The summed E-state index contributed by atoms with van der Waals surface area (Å²) in [6, 6.07) is 16.3. The Bertz CT molecular complexity index is 1180. The zero-order valence-corrected chi connectivity index (χ0v) is 17.1. The van der Waals surface area contributed by atoms with E-state index in [4.69, 9.17) is 9.47 Å². The molecule has 0 spiro atoms. The largest absolute Gasteiger partial charge is 0.507 e. The van der Waals surface area contributed by atoms with E-state index in [1.54, 1.807) is 20.3 Å². The molecule has 6 rings (SSSR count). The van der Waals surface area contributed by atoms with Gasteiger partial charge in [0, 0.05) is 22.8 Å². The van der Waals surface area contributed by atoms with Gasteiger partial charge in [-0.15, -0.1) is 0 Å². The molecule has 3 aromatic carbocycles. The molecule has 0 amide bonds. The van der Waals surface area contributed by atoms with Gasteiger partial charge < -0.3 is 19.7 Å². The van der Waals surface area contributed by atoms with Crippen molar-refractivity contribution in [2.75, 3.05) is 14.2 Å². The first-order valence-electron chi connectivity index (χ1n) is 10.5. The summed E-state index contributed by atoms with van der Waals surface area (Å²) in [6.07, 6.45) is 0.962. The number of phenols is 1. The second-order valence-electron chi connectivity index (χ2n) is 8.62. The molecule has 4 atom stereocenters. The topological polar surface area (TPSA) is 58.9 Å². The van der Waals surface area contributed by atoms with Gasteiger partial charge in [-0.3, -0.25) is 0 Å². The molecule has 0 heterocycles. The molecule has 0 bridgehead atoms. The summed E-state index contributed by atoms with van der Waals surface area (Å²) in [4.78, 5) is 0. The second kappa shape index (κ2) is 6.26. The lowest BCUT2D eigenvalue weighted by Gasteiger charge is -2.49. The summed E-state index contributed by atoms with van der Waals surface area (Å²) in [7, 11) is 3.29. The Hall–Kier alpha value is -2.98. The van der Waals surface area contributed by atoms with E-state index >= 15 is 0 Å². The number of rotatable bonds is 2. The SMILES string of the molecule is COc1cc(OC)c2c3c1-c1c(O)cccc1[C@@H]1Cc4ccccc4[C@@H](C[C@@H]2O)[C@@H]31. The number of aliphatic hydroxyl groups excluding tert-OH is 1. The summed E-state index contributed by atoms with van der Waals surface area (Å²) in [5.41, 5.74) is 7.52. The Labute approximate surface area is 175 Å². The number of fused-ring (bicyclic) bond motifs is 5. The quantitative estimate of drug-likeness (QED) is 0.633. The van der Waals surface area contributed by atoms with Gasteiger partial charge in [0.05, 0.1) is 20.3 Å². The average Bonchev–Trinajstić information content (AvgIpc) is 2.77. The van der Waals surface area contributed by atoms with Crippen LogP contribution in [0.15, 0.2) is 48.5 Å². The van der Waals surface area contributed by atoms with Crippen molar-refractivity contribution in [1.29, 1.82) is 0 Å². The van der Waals surface area contributed by atoms with Crippen molar-refractivity contribution in [2.24, 2.45) is 0 Å². The molecule has 2 N–H and O–H groups in total. The highest BCUT2D eigenvalue weighted by atomic mass is 16.5. The standard InChI is InChI=1S/C26H24O4/c1-29-20-12-21(30-2)25-23-15(8-5-9-18(23)27)16-10-13-6-3-4-7-14(13)17-11-19(28)24(20)26(25)22(16)17/h3-9,12,16-17,19,22,27-28H,10-11H2,1-2H3/t16-,17+,19-,22-/m0/s1. The highest BCUT2D eigenvalue weighted by Gasteiger charge is 2.50. The van der Waals surface area contributed by atoms with Gasteiger partial charge in [-0.05, 0) is 58.9 Å². The lowest BCUT2D eigenvalue weighted by atomic mass is 9.55. The van der Waals surface area contributed by atoms with Crippen molar-refractivity contribution in [3.8, 4) is 28.4 Å². The number of aromatic hydroxyl groups is 1. The van der Waals surface area contributed by atoms with Crippen LogP contribution in [-0.2, 0) is 6.42 Å². The molecule has 152 valence electrons. The van der Waals surface area contributed by atoms with Gasteiger partial charge >= 0.3 is 0 Å². The predicted molar refractivity (Wildman–Crippen MR) is 115 cm³/mol. The maximum absolute atomic E-state index is 11.3. The van der Waals surface area contributed by atoms with E-state index in [2.05, 4.69) is 30.3 Å². The van der Waals surface area contributed by atoms with Gasteiger partial charge in [0.15, 0.2) is 0 Å². The maximum atomic E-state index is 11.3. The van der Waals surface area contributed by atoms with Crippen LogP contribution < -0.4 is 9.47 Å². The Morgan fingerprint density at radius 3 is 2.40 bits per heavy atom. The van der Waals surface area contributed by atoms with Crippen LogP contribution in [-0.4, -0.2) is 24.4 Å². The molecule has 3 aliphatic carbocycles. The monoisotopic (exact) mass is 400 g/mol. The third-order valence-electron chi connectivity index (χ3n) is 7.40. The van der Waals surface area contributed by atoms with Crippen molar-refractivity contribution in [1.82, 2.24) is 0 Å². The summed E-state index contributed by atoms with van der Waals surface area (Å²) in [6.45, 7) is 0. The van der Waals surface area contributed by atoms with E-state index in [-0.39, 0.29) is 23.5 Å². The molecule has 0 aromatic heterocycles. The molecule has 3 aromatic rings. The summed E-state index contributed by atoms with van der Waals surface area (Å²) >= 11 is 0. The van der Waals surface area contributed by atoms with E-state index < -0.39 is 6.10 Å². The number of methoxy groups -OCH3 is 2. The van der Waals surface area contributed by atoms with E-state index in [9.17, 15) is 10.2 Å². The van der Waals surface area contributed by atoms with E-state index in [1.165, 1.54) is 11.1 Å². The van der Waals surface area contributed by atoms with Crippen LogP contribution in [0.2, 0.25) is 0 Å². The predicted octanol–water partition coefficient (Wildman–Crippen LogP) is 5.03. The lowest BCUT2D eigenvalue weighted by Crippen LogP contribution is -2.35. The van der Waals surface area contributed by atoms with Gasteiger partial charge in [-0.25, -0.2) is 0 Å². The second-order valence-corrected chi connectivity index (χ2v) is 8.62. The van der Waals surface area contributed by atoms with Crippen LogP contribution in [0, 0.1) is 0 Å². The minimum absolute atomic E-state index is 0.214. The van der Waals surface area contributed by atoms with Crippen LogP contribution in [0.3, 0.4) is 0 Å². The average molecular weight is 400 g/mol. The number of ether oxygens (including phenoxy) is 2. The first-order chi connectivity index (χ1) is 14.6. The lowest BCUT2D eigenvalue weighted by molar-refractivity contribution is 0.128. The van der Waals surface area contributed by atoms with Gasteiger partial charge in [-0.2, -0.15) is 0 Å². The van der Waals surface area contributed by atoms with E-state index in [0.29, 0.717) is 17.9 Å². The highest BCUT2D eigenvalue weighted by molar-refractivity contribution is 5.87. The fraction of sp³-hybridized carbons (Fsp3) is 0.308. The van der Waals surface area contributed by atoms with Crippen LogP contribution >= 0.6 is 0 Å². The maximum Gasteiger partial charge on any atom is 0.130 e. The van der Waals surface area contributed by atoms with Crippen molar-refractivity contribution < 1.29 is 19.7 Å². The minimum Gasteiger partial charge on any atom is -0.507 e. The molecule has 0 saturated heterocycles. The number of hydrogen-bond donors (Lipinski definition) is 2. The molecule has 0 fully saturated rings. The first kappa shape index (κ1) is 17.8. The van der Waals surface area contributed by atoms with Crippen LogP contribution in [0.4, 0.5) is 0 Å². The first-order valence-corrected chi connectivity index (χ1v) is 10.5. The van der Waals surface area contributed by atoms with Crippen molar-refractivity contribution in [3.63, 3.8) is 0 Å². The van der Waals surface area contributed by atoms with Crippen molar-refractivity contribution in [2.45, 2.75) is 36.7 Å². The Kier molecular flexibility index (Phi) is 3.72. The van der Waals surface area contributed by atoms with E-state index in [0.717, 1.165) is 34.2 Å². The van der Waals surface area contributed by atoms with Crippen molar-refractivity contribution >= 4 is 0 Å². The van der Waals surface area contributed by atoms with Gasteiger partial charge in [0.25, 0.3) is 0 Å². The zero-order chi connectivity index (χ0) is 20.6. The molecule has 30 heavy (non-hydrogen) atoms. The highest BCUT2D eigenvalue weighted by Crippen LogP contribution is 2.66. The third kappa shape index (κ3) is 2.15. The fourth-order valence-corrected chi connectivity index (χ4v) is 6.34. The minimum atomic E-state index is -0.625. The molecule has 3 aliphatic rings. The molecule has 0 saturated carbocycles.